The van der Waals surface area contributed by atoms with Crippen LogP contribution in [0.1, 0.15) is 19.4 Å². The lowest BCUT2D eigenvalue weighted by molar-refractivity contribution is -0.115. The number of benzene rings is 1. The monoisotopic (exact) mass is 333 g/mol. The van der Waals surface area contributed by atoms with Crippen molar-refractivity contribution < 1.29 is 13.2 Å². The molecule has 0 spiro atoms. The minimum atomic E-state index is -3.64. The Balaban J connectivity index is 2.62. The highest BCUT2D eigenvalue weighted by molar-refractivity contribution is 7.87. The third-order valence-electron chi connectivity index (χ3n) is 2.86. The lowest BCUT2D eigenvalue weighted by Gasteiger charge is -2.18. The zero-order valence-electron chi connectivity index (χ0n) is 12.3. The molecule has 0 aliphatic carbocycles. The first kappa shape index (κ1) is 17.9. The fourth-order valence-electron chi connectivity index (χ4n) is 1.73. The van der Waals surface area contributed by atoms with Crippen LogP contribution in [-0.4, -0.2) is 38.3 Å². The molecule has 8 heteroatoms. The van der Waals surface area contributed by atoms with E-state index >= 15 is 0 Å². The Bertz CT molecular complexity index is 601. The molecule has 0 aliphatic heterocycles. The highest BCUT2D eigenvalue weighted by atomic mass is 35.5. The molecule has 0 saturated heterocycles. The van der Waals surface area contributed by atoms with Gasteiger partial charge in [0.15, 0.2) is 0 Å². The number of hydrogen-bond acceptors (Lipinski definition) is 3. The van der Waals surface area contributed by atoms with Crippen molar-refractivity contribution in [1.82, 2.24) is 9.03 Å². The minimum Gasteiger partial charge on any atom is -0.324 e. The van der Waals surface area contributed by atoms with Gasteiger partial charge in [-0.1, -0.05) is 31.5 Å². The smallest absolute Gasteiger partial charge is 0.279 e. The maximum absolute atomic E-state index is 11.9. The molecule has 0 aliphatic rings. The number of carbonyl (C=O) groups excluding carboxylic acids is 1. The molecule has 1 aromatic carbocycles. The number of aryl methyl sites for hydroxylation is 1. The van der Waals surface area contributed by atoms with Crippen molar-refractivity contribution in [2.45, 2.75) is 20.8 Å². The topological polar surface area (TPSA) is 78.5 Å². The first-order valence-electron chi connectivity index (χ1n) is 6.60. The maximum atomic E-state index is 11.9. The second-order valence-corrected chi connectivity index (χ2v) is 6.60. The summed E-state index contributed by atoms with van der Waals surface area (Å²) in [4.78, 5) is 11.8. The van der Waals surface area contributed by atoms with E-state index < -0.39 is 16.1 Å². The van der Waals surface area contributed by atoms with Gasteiger partial charge in [0.2, 0.25) is 5.91 Å². The Labute approximate surface area is 130 Å². The predicted octanol–water partition coefficient (Wildman–Crippen LogP) is 1.76. The van der Waals surface area contributed by atoms with Crippen LogP contribution in [0.4, 0.5) is 5.69 Å². The molecule has 1 rings (SSSR count). The molecular weight excluding hydrogens is 314 g/mol. The summed E-state index contributed by atoms with van der Waals surface area (Å²) < 4.78 is 27.2. The number of nitrogens with one attached hydrogen (secondary N) is 2. The largest absolute Gasteiger partial charge is 0.324 e. The Kier molecular flexibility index (Phi) is 6.60. The fraction of sp³-hybridized carbons (Fsp3) is 0.462. The van der Waals surface area contributed by atoms with E-state index in [1.165, 1.54) is 4.31 Å². The minimum absolute atomic E-state index is 0.344. The summed E-state index contributed by atoms with van der Waals surface area (Å²) in [5.74, 6) is -0.475. The summed E-state index contributed by atoms with van der Waals surface area (Å²) >= 11 is 6.00. The van der Waals surface area contributed by atoms with Gasteiger partial charge in [0.05, 0.1) is 17.3 Å². The van der Waals surface area contributed by atoms with Crippen LogP contribution in [0, 0.1) is 6.92 Å². The van der Waals surface area contributed by atoms with Gasteiger partial charge < -0.3 is 5.32 Å². The molecule has 0 heterocycles. The first-order chi connectivity index (χ1) is 9.80. The SMILES string of the molecule is CCN(CC)S(=O)(=O)NCC(=O)Nc1ccc(C)cc1Cl. The average molecular weight is 334 g/mol. The molecule has 1 aromatic rings. The van der Waals surface area contributed by atoms with Crippen molar-refractivity contribution in [2.24, 2.45) is 0 Å². The summed E-state index contributed by atoms with van der Waals surface area (Å²) in [6.45, 7) is 5.69. The van der Waals surface area contributed by atoms with Gasteiger partial charge in [-0.15, -0.1) is 0 Å². The van der Waals surface area contributed by atoms with Crippen LogP contribution in [0.15, 0.2) is 18.2 Å². The number of anilines is 1. The lowest BCUT2D eigenvalue weighted by atomic mass is 10.2. The first-order valence-corrected chi connectivity index (χ1v) is 8.42. The summed E-state index contributed by atoms with van der Waals surface area (Å²) in [6, 6.07) is 5.20. The standard InChI is InChI=1S/C13H20ClN3O3S/c1-4-17(5-2)21(19,20)15-9-13(18)16-12-7-6-10(3)8-11(12)14/h6-8,15H,4-5,9H2,1-3H3,(H,16,18). The number of carbonyl (C=O) groups is 1. The number of hydrogen-bond donors (Lipinski definition) is 2. The highest BCUT2D eigenvalue weighted by Crippen LogP contribution is 2.22. The number of amides is 1. The molecule has 0 unspecified atom stereocenters. The second kappa shape index (κ2) is 7.74. The van der Waals surface area contributed by atoms with Crippen molar-refractivity contribution in [3.05, 3.63) is 28.8 Å². The molecule has 1 amide bonds. The van der Waals surface area contributed by atoms with Crippen LogP contribution in [0.2, 0.25) is 5.02 Å². The Hall–Kier alpha value is -1.15. The zero-order valence-corrected chi connectivity index (χ0v) is 13.9. The van der Waals surface area contributed by atoms with Gasteiger partial charge in [-0.25, -0.2) is 0 Å². The molecule has 0 bridgehead atoms. The van der Waals surface area contributed by atoms with E-state index in [9.17, 15) is 13.2 Å². The van der Waals surface area contributed by atoms with Gasteiger partial charge in [-0.05, 0) is 24.6 Å². The van der Waals surface area contributed by atoms with Gasteiger partial charge in [-0.2, -0.15) is 17.4 Å². The van der Waals surface area contributed by atoms with Gasteiger partial charge in [-0.3, -0.25) is 4.79 Å². The number of halogens is 1. The third kappa shape index (κ3) is 5.28. The Morgan fingerprint density at radius 2 is 1.90 bits per heavy atom. The summed E-state index contributed by atoms with van der Waals surface area (Å²) in [5, 5.41) is 2.98. The van der Waals surface area contributed by atoms with Gasteiger partial charge >= 0.3 is 0 Å². The van der Waals surface area contributed by atoms with Crippen LogP contribution in [-0.2, 0) is 15.0 Å². The molecule has 2 N–H and O–H groups in total. The molecule has 0 saturated carbocycles. The molecule has 0 aromatic heterocycles. The highest BCUT2D eigenvalue weighted by Gasteiger charge is 2.19. The average Bonchev–Trinajstić information content (AvgIpc) is 2.41. The van der Waals surface area contributed by atoms with Crippen LogP contribution >= 0.6 is 11.6 Å². The molecule has 0 radical (unpaired) electrons. The van der Waals surface area contributed by atoms with E-state index in [0.717, 1.165) is 5.56 Å². The van der Waals surface area contributed by atoms with Crippen molar-refractivity contribution in [3.8, 4) is 0 Å². The van der Waals surface area contributed by atoms with Crippen LogP contribution in [0.25, 0.3) is 0 Å². The van der Waals surface area contributed by atoms with Crippen molar-refractivity contribution in [3.63, 3.8) is 0 Å². The van der Waals surface area contributed by atoms with Crippen molar-refractivity contribution in [2.75, 3.05) is 25.0 Å². The molecule has 118 valence electrons. The maximum Gasteiger partial charge on any atom is 0.279 e. The van der Waals surface area contributed by atoms with Gasteiger partial charge in [0, 0.05) is 13.1 Å². The van der Waals surface area contributed by atoms with E-state index in [1.807, 2.05) is 13.0 Å². The van der Waals surface area contributed by atoms with E-state index in [4.69, 9.17) is 11.6 Å². The third-order valence-corrected chi connectivity index (χ3v) is 4.88. The number of rotatable bonds is 7. The van der Waals surface area contributed by atoms with Crippen LogP contribution < -0.4 is 10.0 Å². The van der Waals surface area contributed by atoms with Crippen LogP contribution in [0.5, 0.6) is 0 Å². The quantitative estimate of drug-likeness (QED) is 0.798. The molecular formula is C13H20ClN3O3S. The molecule has 21 heavy (non-hydrogen) atoms. The van der Waals surface area contributed by atoms with E-state index in [2.05, 4.69) is 10.0 Å². The second-order valence-electron chi connectivity index (χ2n) is 4.44. The number of nitrogens with zero attached hydrogens (tertiary/aromatic N) is 1. The normalized spacial score (nSPS) is 11.7. The zero-order chi connectivity index (χ0) is 16.0. The summed E-state index contributed by atoms with van der Waals surface area (Å²) in [6.07, 6.45) is 0. The Morgan fingerprint density at radius 3 is 2.43 bits per heavy atom. The Morgan fingerprint density at radius 1 is 1.29 bits per heavy atom. The fourth-order valence-corrected chi connectivity index (χ4v) is 3.19. The molecule has 0 fully saturated rings. The molecule has 0 atom stereocenters. The predicted molar refractivity (Wildman–Crippen MR) is 84.7 cm³/mol. The van der Waals surface area contributed by atoms with Crippen molar-refractivity contribution >= 4 is 33.4 Å². The lowest BCUT2D eigenvalue weighted by Crippen LogP contribution is -2.43. The van der Waals surface area contributed by atoms with Crippen LogP contribution in [0.3, 0.4) is 0 Å². The summed E-state index contributed by atoms with van der Waals surface area (Å²) in [5.41, 5.74) is 1.43. The molecule has 6 nitrogen and oxygen atoms in total. The van der Waals surface area contributed by atoms with E-state index in [1.54, 1.807) is 26.0 Å². The van der Waals surface area contributed by atoms with Crippen molar-refractivity contribution in [1.29, 1.82) is 0 Å². The van der Waals surface area contributed by atoms with Gasteiger partial charge in [0.1, 0.15) is 0 Å². The van der Waals surface area contributed by atoms with E-state index in [0.29, 0.717) is 23.8 Å². The van der Waals surface area contributed by atoms with E-state index in [-0.39, 0.29) is 6.54 Å². The summed E-state index contributed by atoms with van der Waals surface area (Å²) in [7, 11) is -3.64. The van der Waals surface area contributed by atoms with Gasteiger partial charge in [0.25, 0.3) is 10.2 Å².